The first kappa shape index (κ1) is 19.2. The van der Waals surface area contributed by atoms with E-state index in [1.807, 2.05) is 6.92 Å². The van der Waals surface area contributed by atoms with Gasteiger partial charge in [-0.2, -0.15) is 0 Å². The van der Waals surface area contributed by atoms with Crippen molar-refractivity contribution in [1.82, 2.24) is 4.98 Å². The minimum Gasteiger partial charge on any atom is -0.426 e. The summed E-state index contributed by atoms with van der Waals surface area (Å²) in [6.07, 6.45) is 2.27. The van der Waals surface area contributed by atoms with Gasteiger partial charge in [0.25, 0.3) is 5.91 Å². The number of nitroso groups, excluding NO2 is 1. The van der Waals surface area contributed by atoms with Crippen LogP contribution in [0.2, 0.25) is 0 Å². The van der Waals surface area contributed by atoms with E-state index in [4.69, 9.17) is 4.74 Å². The highest BCUT2D eigenvalue weighted by Crippen LogP contribution is 2.28. The van der Waals surface area contributed by atoms with E-state index in [0.717, 1.165) is 11.3 Å². The van der Waals surface area contributed by atoms with Gasteiger partial charge >= 0.3 is 5.97 Å². The van der Waals surface area contributed by atoms with Crippen molar-refractivity contribution in [3.8, 4) is 5.75 Å². The minimum absolute atomic E-state index is 0.00501. The van der Waals surface area contributed by atoms with Gasteiger partial charge in [-0.15, -0.1) is 4.91 Å². The maximum atomic E-state index is 12.4. The first-order chi connectivity index (χ1) is 12.4. The molecule has 9 nitrogen and oxygen atoms in total. The number of carbonyl (C=O) groups is 3. The Morgan fingerprint density at radius 1 is 1.27 bits per heavy atom. The molecular weight excluding hydrogens is 360 g/mol. The Bertz CT molecular complexity index is 849. The van der Waals surface area contributed by atoms with Gasteiger partial charge in [-0.3, -0.25) is 19.7 Å². The number of nitrogens with zero attached hydrogens (tertiary/aromatic N) is 2. The molecule has 0 spiro atoms. The summed E-state index contributed by atoms with van der Waals surface area (Å²) < 4.78 is 5.08. The maximum absolute atomic E-state index is 12.4. The topological polar surface area (TPSA) is 127 Å². The number of carbonyl (C=O) groups excluding carboxylic acids is 3. The third kappa shape index (κ3) is 5.18. The Morgan fingerprint density at radius 2 is 2.04 bits per heavy atom. The fourth-order valence-corrected chi connectivity index (χ4v) is 2.60. The molecule has 0 aliphatic carbocycles. The van der Waals surface area contributed by atoms with Crippen LogP contribution in [0, 0.1) is 4.91 Å². The Hall–Kier alpha value is -3.14. The molecule has 10 heteroatoms. The first-order valence-corrected chi connectivity index (χ1v) is 8.47. The average molecular weight is 376 g/mol. The summed E-state index contributed by atoms with van der Waals surface area (Å²) in [5.74, 6) is -1.39. The third-order valence-corrected chi connectivity index (χ3v) is 3.83. The zero-order valence-corrected chi connectivity index (χ0v) is 14.9. The van der Waals surface area contributed by atoms with Gasteiger partial charge in [0.1, 0.15) is 5.75 Å². The molecule has 2 aromatic rings. The molecule has 2 N–H and O–H groups in total. The number of hydrogen-bond acceptors (Lipinski definition) is 8. The van der Waals surface area contributed by atoms with Crippen LogP contribution in [0.4, 0.5) is 15.8 Å². The van der Waals surface area contributed by atoms with E-state index in [9.17, 15) is 19.3 Å². The number of aromatic nitrogens is 1. The van der Waals surface area contributed by atoms with Gasteiger partial charge in [0, 0.05) is 25.1 Å². The van der Waals surface area contributed by atoms with Crippen LogP contribution in [0.5, 0.6) is 5.75 Å². The van der Waals surface area contributed by atoms with Crippen LogP contribution in [-0.4, -0.2) is 22.8 Å². The predicted octanol–water partition coefficient (Wildman–Crippen LogP) is 3.46. The highest BCUT2D eigenvalue weighted by molar-refractivity contribution is 7.19. The number of rotatable bonds is 7. The summed E-state index contributed by atoms with van der Waals surface area (Å²) in [6, 6.07) is 4.33. The highest BCUT2D eigenvalue weighted by atomic mass is 32.1. The second-order valence-electron chi connectivity index (χ2n) is 5.15. The van der Waals surface area contributed by atoms with Gasteiger partial charge in [-0.25, -0.2) is 4.98 Å². The molecule has 0 unspecified atom stereocenters. The Kier molecular flexibility index (Phi) is 6.50. The number of esters is 1. The quantitative estimate of drug-likeness (QED) is 0.433. The molecule has 2 amide bonds. The van der Waals surface area contributed by atoms with Crippen molar-refractivity contribution in [3.05, 3.63) is 34.9 Å². The summed E-state index contributed by atoms with van der Waals surface area (Å²) in [7, 11) is 0. The molecule has 0 radical (unpaired) electrons. The second kappa shape index (κ2) is 8.81. The summed E-state index contributed by atoms with van der Waals surface area (Å²) in [6.45, 7) is 3.08. The van der Waals surface area contributed by atoms with Gasteiger partial charge < -0.3 is 10.1 Å². The molecule has 136 valence electrons. The summed E-state index contributed by atoms with van der Waals surface area (Å²) >= 11 is 0.906. The maximum Gasteiger partial charge on any atom is 0.308 e. The van der Waals surface area contributed by atoms with Crippen LogP contribution in [0.1, 0.15) is 37.0 Å². The monoisotopic (exact) mass is 376 g/mol. The van der Waals surface area contributed by atoms with Gasteiger partial charge in [-0.1, -0.05) is 18.3 Å². The van der Waals surface area contributed by atoms with Crippen molar-refractivity contribution in [1.29, 1.82) is 0 Å². The number of anilines is 2. The summed E-state index contributed by atoms with van der Waals surface area (Å²) in [4.78, 5) is 49.7. The van der Waals surface area contributed by atoms with E-state index in [-0.39, 0.29) is 27.4 Å². The standard InChI is InChI=1S/C16H16N4O5S/c1-3-4-13(22)18-10-5-6-11(12(7-10)25-9(2)21)15(23)19-16-17-8-14(20-24)26-16/h5-8H,3-4H2,1-2H3,(H,18,22)(H,17,19,23). The zero-order valence-electron chi connectivity index (χ0n) is 14.1. The minimum atomic E-state index is -0.613. The van der Waals surface area contributed by atoms with E-state index in [1.165, 1.54) is 31.3 Å². The molecule has 0 saturated carbocycles. The Morgan fingerprint density at radius 3 is 2.65 bits per heavy atom. The number of nitrogens with one attached hydrogen (secondary N) is 2. The largest absolute Gasteiger partial charge is 0.426 e. The zero-order chi connectivity index (χ0) is 19.1. The fraction of sp³-hybridized carbons (Fsp3) is 0.250. The lowest BCUT2D eigenvalue weighted by atomic mass is 10.1. The van der Waals surface area contributed by atoms with Crippen molar-refractivity contribution < 1.29 is 19.1 Å². The van der Waals surface area contributed by atoms with Crippen LogP contribution < -0.4 is 15.4 Å². The fourth-order valence-electron chi connectivity index (χ4n) is 2.01. The van der Waals surface area contributed by atoms with Crippen molar-refractivity contribution in [2.45, 2.75) is 26.7 Å². The highest BCUT2D eigenvalue weighted by Gasteiger charge is 2.17. The van der Waals surface area contributed by atoms with Gasteiger partial charge in [0.15, 0.2) is 10.1 Å². The van der Waals surface area contributed by atoms with Gasteiger partial charge in [-0.05, 0) is 23.7 Å². The van der Waals surface area contributed by atoms with Gasteiger partial charge in [0.05, 0.1) is 11.8 Å². The molecule has 0 aliphatic heterocycles. The van der Waals surface area contributed by atoms with Crippen LogP contribution in [0.3, 0.4) is 0 Å². The number of hydrogen-bond donors (Lipinski definition) is 2. The van der Waals surface area contributed by atoms with E-state index in [1.54, 1.807) is 0 Å². The van der Waals surface area contributed by atoms with E-state index in [2.05, 4.69) is 20.8 Å². The molecule has 0 fully saturated rings. The van der Waals surface area contributed by atoms with E-state index < -0.39 is 11.9 Å². The number of benzene rings is 1. The molecule has 1 aromatic carbocycles. The normalized spacial score (nSPS) is 10.1. The molecule has 1 aromatic heterocycles. The van der Waals surface area contributed by atoms with Crippen LogP contribution >= 0.6 is 11.3 Å². The molecular formula is C16H16N4O5S. The second-order valence-corrected chi connectivity index (χ2v) is 6.16. The SMILES string of the molecule is CCCC(=O)Nc1ccc(C(=O)Nc2ncc(N=O)s2)c(OC(C)=O)c1. The lowest BCUT2D eigenvalue weighted by Gasteiger charge is -2.11. The smallest absolute Gasteiger partial charge is 0.308 e. The van der Waals surface area contributed by atoms with Crippen molar-refractivity contribution >= 4 is 44.9 Å². The van der Waals surface area contributed by atoms with Crippen molar-refractivity contribution in [2.75, 3.05) is 10.6 Å². The Balaban J connectivity index is 2.24. The van der Waals surface area contributed by atoms with Crippen LogP contribution in [0.25, 0.3) is 0 Å². The number of amides is 2. The summed E-state index contributed by atoms with van der Waals surface area (Å²) in [5.41, 5.74) is 0.474. The van der Waals surface area contributed by atoms with Crippen LogP contribution in [0.15, 0.2) is 29.6 Å². The molecule has 0 bridgehead atoms. The Labute approximate surface area is 152 Å². The van der Waals surface area contributed by atoms with E-state index >= 15 is 0 Å². The van der Waals surface area contributed by atoms with E-state index in [0.29, 0.717) is 18.5 Å². The van der Waals surface area contributed by atoms with Crippen LogP contribution in [-0.2, 0) is 9.59 Å². The van der Waals surface area contributed by atoms with Crippen molar-refractivity contribution in [2.24, 2.45) is 5.18 Å². The summed E-state index contributed by atoms with van der Waals surface area (Å²) in [5, 5.41) is 8.19. The molecule has 26 heavy (non-hydrogen) atoms. The molecule has 0 atom stereocenters. The first-order valence-electron chi connectivity index (χ1n) is 7.65. The average Bonchev–Trinajstić information content (AvgIpc) is 3.02. The van der Waals surface area contributed by atoms with Crippen molar-refractivity contribution in [3.63, 3.8) is 0 Å². The third-order valence-electron chi connectivity index (χ3n) is 3.04. The molecule has 2 rings (SSSR count). The molecule has 0 saturated heterocycles. The lowest BCUT2D eigenvalue weighted by molar-refractivity contribution is -0.131. The van der Waals surface area contributed by atoms with Gasteiger partial charge in [0.2, 0.25) is 5.91 Å². The molecule has 1 heterocycles. The molecule has 0 aliphatic rings. The number of thiazole rings is 1. The predicted molar refractivity (Wildman–Crippen MR) is 96.8 cm³/mol. The number of ether oxygens (including phenoxy) is 1. The lowest BCUT2D eigenvalue weighted by Crippen LogP contribution is -2.16.